The van der Waals surface area contributed by atoms with Gasteiger partial charge in [-0.1, -0.05) is 96.6 Å². The van der Waals surface area contributed by atoms with E-state index in [4.69, 9.17) is 33.2 Å². The minimum absolute atomic E-state index is 0.177. The van der Waals surface area contributed by atoms with Gasteiger partial charge in [0.2, 0.25) is 0 Å². The molecule has 7 nitrogen and oxygen atoms in total. The van der Waals surface area contributed by atoms with Crippen molar-refractivity contribution < 1.29 is 33.2 Å². The average Bonchev–Trinajstić information content (AvgIpc) is 3.04. The van der Waals surface area contributed by atoms with Gasteiger partial charge in [0.05, 0.1) is 0 Å². The highest BCUT2D eigenvalue weighted by Gasteiger charge is 2.43. The first kappa shape index (κ1) is 46.6. The molecule has 0 N–H and O–H groups in total. The van der Waals surface area contributed by atoms with Gasteiger partial charge in [0.15, 0.2) is 5.79 Å². The Labute approximate surface area is 280 Å². The van der Waals surface area contributed by atoms with E-state index < -0.39 is 11.8 Å². The molecule has 0 aromatic carbocycles. The van der Waals surface area contributed by atoms with E-state index >= 15 is 0 Å². The predicted octanol–water partition coefficient (Wildman–Crippen LogP) is 10.5. The van der Waals surface area contributed by atoms with Crippen molar-refractivity contribution in [3.05, 3.63) is 12.2 Å². The molecule has 0 radical (unpaired) electrons. The molecule has 0 aliphatic heterocycles. The zero-order valence-electron chi connectivity index (χ0n) is 31.9. The SMILES string of the molecule is CC=CC(CCCCCCC)C(CCCOC)C(C)(OC)OC.CCCCCCCCC(OCC)C(OCC)(OCC)OCC. The van der Waals surface area contributed by atoms with E-state index in [1.807, 2.05) is 27.7 Å². The lowest BCUT2D eigenvalue weighted by Gasteiger charge is -2.39. The molecule has 0 aromatic heterocycles. The van der Waals surface area contributed by atoms with Crippen LogP contribution in [-0.2, 0) is 33.2 Å². The van der Waals surface area contributed by atoms with Gasteiger partial charge in [-0.05, 0) is 73.1 Å². The Balaban J connectivity index is 0. The van der Waals surface area contributed by atoms with Crippen LogP contribution in [0.4, 0.5) is 0 Å². The third-order valence-corrected chi connectivity index (χ3v) is 8.56. The summed E-state index contributed by atoms with van der Waals surface area (Å²) in [5.74, 6) is -0.766. The molecule has 0 aliphatic rings. The lowest BCUT2D eigenvalue weighted by atomic mass is 9.79. The second-order valence-electron chi connectivity index (χ2n) is 12.0. The summed E-state index contributed by atoms with van der Waals surface area (Å²) in [4.78, 5) is 0. The highest BCUT2D eigenvalue weighted by Crippen LogP contribution is 2.36. The lowest BCUT2D eigenvalue weighted by Crippen LogP contribution is -2.51. The van der Waals surface area contributed by atoms with E-state index in [2.05, 4.69) is 39.8 Å². The standard InChI is InChI=1S/C20H40O3.C18H38O4/c1-7-9-10-11-12-15-18(14-8-2)19(16-13-17-21-4)20(3,22-5)23-6;1-6-11-12-13-14-15-16-17(19-7-2)18(20-8-3,21-9-4)22-10-5/h8,14,18-19H,7,9-13,15-17H2,1-6H3;17H,6-16H2,1-5H3. The van der Waals surface area contributed by atoms with Crippen LogP contribution >= 0.6 is 0 Å². The van der Waals surface area contributed by atoms with Crippen LogP contribution in [0.1, 0.15) is 152 Å². The summed E-state index contributed by atoms with van der Waals surface area (Å²) in [5.41, 5.74) is 0. The van der Waals surface area contributed by atoms with Crippen molar-refractivity contribution in [2.45, 2.75) is 170 Å². The molecule has 3 atom stereocenters. The Morgan fingerprint density at radius 2 is 1.07 bits per heavy atom. The highest BCUT2D eigenvalue weighted by atomic mass is 16.9. The molecule has 45 heavy (non-hydrogen) atoms. The first-order chi connectivity index (χ1) is 21.8. The van der Waals surface area contributed by atoms with Crippen LogP contribution < -0.4 is 0 Å². The van der Waals surface area contributed by atoms with Crippen molar-refractivity contribution in [2.75, 3.05) is 54.4 Å². The first-order valence-corrected chi connectivity index (χ1v) is 18.5. The van der Waals surface area contributed by atoms with Crippen LogP contribution in [-0.4, -0.2) is 72.2 Å². The summed E-state index contributed by atoms with van der Waals surface area (Å²) in [6.45, 7) is 19.6. The van der Waals surface area contributed by atoms with Crippen molar-refractivity contribution in [2.24, 2.45) is 11.8 Å². The van der Waals surface area contributed by atoms with E-state index in [1.54, 1.807) is 21.3 Å². The molecule has 0 aliphatic carbocycles. The maximum Gasteiger partial charge on any atom is 0.310 e. The summed E-state index contributed by atoms with van der Waals surface area (Å²) in [7, 11) is 5.26. The van der Waals surface area contributed by atoms with Crippen molar-refractivity contribution in [1.29, 1.82) is 0 Å². The number of hydrogen-bond acceptors (Lipinski definition) is 7. The molecule has 0 rings (SSSR count). The van der Waals surface area contributed by atoms with Crippen LogP contribution in [0.2, 0.25) is 0 Å². The fourth-order valence-electron chi connectivity index (χ4n) is 6.04. The van der Waals surface area contributed by atoms with E-state index in [-0.39, 0.29) is 6.10 Å². The predicted molar refractivity (Wildman–Crippen MR) is 190 cm³/mol. The first-order valence-electron chi connectivity index (χ1n) is 18.5. The molecular formula is C38H78O7. The Morgan fingerprint density at radius 3 is 1.49 bits per heavy atom. The zero-order chi connectivity index (χ0) is 34.2. The van der Waals surface area contributed by atoms with E-state index in [0.29, 0.717) is 38.3 Å². The summed E-state index contributed by atoms with van der Waals surface area (Å²) in [6, 6.07) is 0. The number of unbranched alkanes of at least 4 members (excludes halogenated alkanes) is 9. The Hall–Kier alpha value is -0.540. The Morgan fingerprint density at radius 1 is 0.578 bits per heavy atom. The Bertz CT molecular complexity index is 606. The molecule has 0 aromatic rings. The minimum atomic E-state index is -1.06. The quantitative estimate of drug-likeness (QED) is 0.0422. The molecule has 0 fully saturated rings. The average molecular weight is 647 g/mol. The van der Waals surface area contributed by atoms with Crippen LogP contribution in [0.15, 0.2) is 12.2 Å². The fraction of sp³-hybridized carbons (Fsp3) is 0.947. The molecule has 7 heteroatoms. The molecule has 272 valence electrons. The van der Waals surface area contributed by atoms with E-state index in [0.717, 1.165) is 32.3 Å². The lowest BCUT2D eigenvalue weighted by molar-refractivity contribution is -0.415. The molecule has 0 heterocycles. The Kier molecular flexibility index (Phi) is 33.2. The molecule has 3 unspecified atom stereocenters. The van der Waals surface area contributed by atoms with Gasteiger partial charge >= 0.3 is 5.97 Å². The van der Waals surface area contributed by atoms with Crippen LogP contribution in [0.25, 0.3) is 0 Å². The maximum atomic E-state index is 5.92. The number of allylic oxidation sites excluding steroid dienone is 2. The second kappa shape index (κ2) is 32.0. The van der Waals surface area contributed by atoms with Crippen LogP contribution in [0, 0.1) is 11.8 Å². The smallest absolute Gasteiger partial charge is 0.310 e. The molecule has 0 saturated heterocycles. The summed E-state index contributed by atoms with van der Waals surface area (Å²) >= 11 is 0. The van der Waals surface area contributed by atoms with Gasteiger partial charge in [0, 0.05) is 60.3 Å². The van der Waals surface area contributed by atoms with Gasteiger partial charge < -0.3 is 33.2 Å². The number of methoxy groups -OCH3 is 3. The topological polar surface area (TPSA) is 64.6 Å². The molecule has 0 amide bonds. The fourth-order valence-corrected chi connectivity index (χ4v) is 6.04. The summed E-state index contributed by atoms with van der Waals surface area (Å²) in [6.07, 6.45) is 22.7. The van der Waals surface area contributed by atoms with Gasteiger partial charge in [0.25, 0.3) is 0 Å². The van der Waals surface area contributed by atoms with Crippen molar-refractivity contribution in [1.82, 2.24) is 0 Å². The zero-order valence-corrected chi connectivity index (χ0v) is 31.9. The normalized spacial score (nSPS) is 14.4. The number of ether oxygens (including phenoxy) is 7. The van der Waals surface area contributed by atoms with Gasteiger partial charge in [-0.3, -0.25) is 0 Å². The van der Waals surface area contributed by atoms with Crippen LogP contribution in [0.3, 0.4) is 0 Å². The number of hydrogen-bond donors (Lipinski definition) is 0. The summed E-state index contributed by atoms with van der Waals surface area (Å²) in [5, 5.41) is 0. The third-order valence-electron chi connectivity index (χ3n) is 8.56. The maximum absolute atomic E-state index is 5.92. The largest absolute Gasteiger partial charge is 0.385 e. The van der Waals surface area contributed by atoms with Gasteiger partial charge in [-0.15, -0.1) is 0 Å². The molecular weight excluding hydrogens is 568 g/mol. The van der Waals surface area contributed by atoms with Crippen molar-refractivity contribution >= 4 is 0 Å². The molecule has 0 saturated carbocycles. The highest BCUT2D eigenvalue weighted by molar-refractivity contribution is 4.94. The monoisotopic (exact) mass is 647 g/mol. The van der Waals surface area contributed by atoms with E-state index in [1.165, 1.54) is 70.6 Å². The van der Waals surface area contributed by atoms with Crippen molar-refractivity contribution in [3.63, 3.8) is 0 Å². The van der Waals surface area contributed by atoms with Crippen LogP contribution in [0.5, 0.6) is 0 Å². The van der Waals surface area contributed by atoms with E-state index in [9.17, 15) is 0 Å². The minimum Gasteiger partial charge on any atom is -0.385 e. The van der Waals surface area contributed by atoms with Crippen molar-refractivity contribution in [3.8, 4) is 0 Å². The second-order valence-corrected chi connectivity index (χ2v) is 12.0. The van der Waals surface area contributed by atoms with Gasteiger partial charge in [-0.25, -0.2) is 0 Å². The summed E-state index contributed by atoms with van der Waals surface area (Å²) < 4.78 is 40.2. The molecule has 0 spiro atoms. The number of rotatable bonds is 31. The van der Waals surface area contributed by atoms with Gasteiger partial charge in [0.1, 0.15) is 6.10 Å². The third kappa shape index (κ3) is 21.1. The molecule has 0 bridgehead atoms. The van der Waals surface area contributed by atoms with Gasteiger partial charge in [-0.2, -0.15) is 0 Å².